The largest absolute Gasteiger partial charge is 0.352 e. The van der Waals surface area contributed by atoms with E-state index in [1.165, 1.54) is 0 Å². The van der Waals surface area contributed by atoms with Crippen molar-refractivity contribution in [3.05, 3.63) is 60.2 Å². The molecule has 3 amide bonds. The number of nitrogens with zero attached hydrogens (tertiary/aromatic N) is 2. The average molecular weight is 418 g/mol. The van der Waals surface area contributed by atoms with Crippen LogP contribution in [0.3, 0.4) is 0 Å². The highest BCUT2D eigenvalue weighted by Gasteiger charge is 2.28. The molecule has 7 nitrogen and oxygen atoms in total. The van der Waals surface area contributed by atoms with Crippen molar-refractivity contribution in [3.63, 3.8) is 0 Å². The molecular formula is C24H26N4O3. The number of carbonyl (C=O) groups is 3. The average Bonchev–Trinajstić information content (AvgIpc) is 2.83. The van der Waals surface area contributed by atoms with Crippen molar-refractivity contribution in [1.29, 1.82) is 0 Å². The van der Waals surface area contributed by atoms with E-state index in [1.807, 2.05) is 54.6 Å². The lowest BCUT2D eigenvalue weighted by Gasteiger charge is -2.33. The molecule has 2 aromatic carbocycles. The van der Waals surface area contributed by atoms with Crippen molar-refractivity contribution in [2.24, 2.45) is 11.0 Å². The van der Waals surface area contributed by atoms with Crippen LogP contribution in [-0.2, 0) is 9.59 Å². The fourth-order valence-electron chi connectivity index (χ4n) is 4.01. The van der Waals surface area contributed by atoms with Gasteiger partial charge in [-0.2, -0.15) is 5.10 Å². The molecule has 0 radical (unpaired) electrons. The zero-order valence-corrected chi connectivity index (χ0v) is 17.3. The minimum Gasteiger partial charge on any atom is -0.352 e. The molecule has 2 aliphatic rings. The van der Waals surface area contributed by atoms with Gasteiger partial charge in [-0.1, -0.05) is 42.5 Å². The Balaban J connectivity index is 1.30. The van der Waals surface area contributed by atoms with Gasteiger partial charge in [-0.15, -0.1) is 0 Å². The number of piperidine rings is 1. The van der Waals surface area contributed by atoms with Crippen LogP contribution in [0.4, 0.5) is 0 Å². The van der Waals surface area contributed by atoms with Crippen molar-refractivity contribution in [1.82, 2.24) is 15.6 Å². The van der Waals surface area contributed by atoms with Gasteiger partial charge in [0.2, 0.25) is 5.91 Å². The second kappa shape index (κ2) is 9.55. The quantitative estimate of drug-likeness (QED) is 0.782. The van der Waals surface area contributed by atoms with E-state index in [0.29, 0.717) is 43.8 Å². The minimum absolute atomic E-state index is 0.109. The molecule has 160 valence electrons. The first-order valence-electron chi connectivity index (χ1n) is 10.7. The first-order chi connectivity index (χ1) is 15.1. The predicted octanol–water partition coefficient (Wildman–Crippen LogP) is 2.59. The Morgan fingerprint density at radius 2 is 1.77 bits per heavy atom. The third-order valence-corrected chi connectivity index (χ3v) is 5.76. The lowest BCUT2D eigenvalue weighted by molar-refractivity contribution is -0.126. The van der Waals surface area contributed by atoms with Gasteiger partial charge in [-0.25, -0.2) is 5.43 Å². The first kappa shape index (κ1) is 20.8. The molecule has 1 fully saturated rings. The van der Waals surface area contributed by atoms with Crippen LogP contribution in [0.25, 0.3) is 11.1 Å². The predicted molar refractivity (Wildman–Crippen MR) is 118 cm³/mol. The van der Waals surface area contributed by atoms with Gasteiger partial charge in [0.05, 0.1) is 0 Å². The molecule has 2 N–H and O–H groups in total. The Kier molecular flexibility index (Phi) is 6.40. The molecule has 2 aromatic rings. The summed E-state index contributed by atoms with van der Waals surface area (Å²) in [4.78, 5) is 38.3. The van der Waals surface area contributed by atoms with E-state index in [1.54, 1.807) is 4.90 Å². The molecule has 0 aliphatic carbocycles. The number of carbonyl (C=O) groups excluding carboxylic acids is 3. The topological polar surface area (TPSA) is 90.9 Å². The van der Waals surface area contributed by atoms with Gasteiger partial charge in [-0.05, 0) is 42.0 Å². The zero-order valence-electron chi connectivity index (χ0n) is 17.3. The third-order valence-electron chi connectivity index (χ3n) is 5.76. The van der Waals surface area contributed by atoms with E-state index in [2.05, 4.69) is 15.8 Å². The van der Waals surface area contributed by atoms with Crippen molar-refractivity contribution in [3.8, 4) is 11.1 Å². The Morgan fingerprint density at radius 1 is 1.03 bits per heavy atom. The molecule has 0 aromatic heterocycles. The monoisotopic (exact) mass is 418 g/mol. The Bertz CT molecular complexity index is 986. The summed E-state index contributed by atoms with van der Waals surface area (Å²) in [5.41, 5.74) is 5.59. The number of benzene rings is 2. The standard InChI is InChI=1S/C24H26N4O3/c29-22-13-12-21(26-27-22)24(31)28-14-4-5-17(16-28)15-25-23(30)20-10-8-19(9-11-20)18-6-2-1-3-7-18/h1-3,6-11,17H,4-5,12-16H2,(H,25,30)(H,27,29)/t17-/m1/s1. The molecule has 31 heavy (non-hydrogen) atoms. The van der Waals surface area contributed by atoms with Gasteiger partial charge in [0.1, 0.15) is 5.71 Å². The van der Waals surface area contributed by atoms with Crippen LogP contribution >= 0.6 is 0 Å². The number of hydrazone groups is 1. The molecule has 1 atom stereocenters. The normalized spacial score (nSPS) is 18.7. The Hall–Kier alpha value is -3.48. The zero-order chi connectivity index (χ0) is 21.6. The van der Waals surface area contributed by atoms with E-state index in [-0.39, 0.29) is 23.6 Å². The van der Waals surface area contributed by atoms with Gasteiger partial charge < -0.3 is 10.2 Å². The summed E-state index contributed by atoms with van der Waals surface area (Å²) >= 11 is 0. The SMILES string of the molecule is O=C1CCC(C(=O)N2CCC[C@H](CNC(=O)c3ccc(-c4ccccc4)cc3)C2)=NN1. The van der Waals surface area contributed by atoms with Gasteiger partial charge in [0.25, 0.3) is 11.8 Å². The number of hydrogen-bond acceptors (Lipinski definition) is 4. The summed E-state index contributed by atoms with van der Waals surface area (Å²) in [7, 11) is 0. The minimum atomic E-state index is -0.160. The summed E-state index contributed by atoms with van der Waals surface area (Å²) in [5, 5.41) is 6.92. The van der Waals surface area contributed by atoms with E-state index >= 15 is 0 Å². The van der Waals surface area contributed by atoms with E-state index in [9.17, 15) is 14.4 Å². The van der Waals surface area contributed by atoms with Crippen molar-refractivity contribution >= 4 is 23.4 Å². The summed E-state index contributed by atoms with van der Waals surface area (Å²) in [6.07, 6.45) is 2.51. The van der Waals surface area contributed by atoms with Crippen LogP contribution < -0.4 is 10.7 Å². The maximum atomic E-state index is 12.7. The van der Waals surface area contributed by atoms with Crippen molar-refractivity contribution < 1.29 is 14.4 Å². The number of nitrogens with one attached hydrogen (secondary N) is 2. The van der Waals surface area contributed by atoms with Gasteiger partial charge in [0.15, 0.2) is 0 Å². The molecule has 0 saturated carbocycles. The van der Waals surface area contributed by atoms with Crippen molar-refractivity contribution in [2.45, 2.75) is 25.7 Å². The van der Waals surface area contributed by atoms with Crippen molar-refractivity contribution in [2.75, 3.05) is 19.6 Å². The fourth-order valence-corrected chi connectivity index (χ4v) is 4.01. The summed E-state index contributed by atoms with van der Waals surface area (Å²) in [6.45, 7) is 1.78. The van der Waals surface area contributed by atoms with Crippen LogP contribution in [0.2, 0.25) is 0 Å². The molecule has 2 aliphatic heterocycles. The highest BCUT2D eigenvalue weighted by atomic mass is 16.2. The van der Waals surface area contributed by atoms with E-state index < -0.39 is 0 Å². The summed E-state index contributed by atoms with van der Waals surface area (Å²) in [5.74, 6) is -0.188. The number of likely N-dealkylation sites (tertiary alicyclic amines) is 1. The maximum absolute atomic E-state index is 12.7. The van der Waals surface area contributed by atoms with E-state index in [4.69, 9.17) is 0 Å². The van der Waals surface area contributed by atoms with Crippen LogP contribution in [0.5, 0.6) is 0 Å². The molecule has 0 unspecified atom stereocenters. The summed E-state index contributed by atoms with van der Waals surface area (Å²) in [6, 6.07) is 17.6. The third kappa shape index (κ3) is 5.17. The van der Waals surface area contributed by atoms with Crippen LogP contribution in [0, 0.1) is 5.92 Å². The lowest BCUT2D eigenvalue weighted by Crippen LogP contribution is -2.47. The fraction of sp³-hybridized carbons (Fsp3) is 0.333. The van der Waals surface area contributed by atoms with Crippen LogP contribution in [0.15, 0.2) is 59.7 Å². The van der Waals surface area contributed by atoms with Gasteiger partial charge >= 0.3 is 0 Å². The first-order valence-corrected chi connectivity index (χ1v) is 10.7. The highest BCUT2D eigenvalue weighted by Crippen LogP contribution is 2.20. The molecule has 0 bridgehead atoms. The molecular weight excluding hydrogens is 392 g/mol. The molecule has 4 rings (SSSR count). The molecule has 1 saturated heterocycles. The Morgan fingerprint density at radius 3 is 2.48 bits per heavy atom. The molecule has 2 heterocycles. The second-order valence-electron chi connectivity index (χ2n) is 8.01. The van der Waals surface area contributed by atoms with Gasteiger partial charge in [-0.3, -0.25) is 14.4 Å². The molecule has 7 heteroatoms. The van der Waals surface area contributed by atoms with Crippen LogP contribution in [0.1, 0.15) is 36.0 Å². The number of hydrogen-bond donors (Lipinski definition) is 2. The highest BCUT2D eigenvalue weighted by molar-refractivity contribution is 6.39. The smallest absolute Gasteiger partial charge is 0.270 e. The second-order valence-corrected chi connectivity index (χ2v) is 8.01. The lowest BCUT2D eigenvalue weighted by atomic mass is 9.97. The summed E-state index contributed by atoms with van der Waals surface area (Å²) < 4.78 is 0. The van der Waals surface area contributed by atoms with E-state index in [0.717, 1.165) is 24.0 Å². The number of amides is 3. The Labute approximate surface area is 181 Å². The maximum Gasteiger partial charge on any atom is 0.270 e. The van der Waals surface area contributed by atoms with Gasteiger partial charge in [0, 0.05) is 38.0 Å². The molecule has 0 spiro atoms. The number of rotatable bonds is 5. The van der Waals surface area contributed by atoms with Crippen LogP contribution in [-0.4, -0.2) is 48.0 Å².